The number of aromatic nitrogens is 3. The van der Waals surface area contributed by atoms with Crippen molar-refractivity contribution in [3.63, 3.8) is 0 Å². The van der Waals surface area contributed by atoms with Gasteiger partial charge >= 0.3 is 5.97 Å². The maximum atomic E-state index is 13.5. The number of rotatable bonds is 6. The van der Waals surface area contributed by atoms with Crippen LogP contribution in [0.1, 0.15) is 17.8 Å². The number of benzene rings is 1. The highest BCUT2D eigenvalue weighted by Crippen LogP contribution is 2.13. The van der Waals surface area contributed by atoms with Gasteiger partial charge in [0.2, 0.25) is 0 Å². The molecule has 1 aromatic heterocycles. The highest BCUT2D eigenvalue weighted by atomic mass is 19.1. The summed E-state index contributed by atoms with van der Waals surface area (Å²) in [6.07, 6.45) is 0.343. The summed E-state index contributed by atoms with van der Waals surface area (Å²) in [5.74, 6) is -1.57. The fraction of sp³-hybridized carbons (Fsp3) is 0.286. The van der Waals surface area contributed by atoms with Crippen molar-refractivity contribution in [2.24, 2.45) is 0 Å². The molecule has 0 bridgehead atoms. The van der Waals surface area contributed by atoms with Crippen LogP contribution in [0.2, 0.25) is 0 Å². The summed E-state index contributed by atoms with van der Waals surface area (Å²) in [5.41, 5.74) is 0.107. The molecule has 22 heavy (non-hydrogen) atoms. The van der Waals surface area contributed by atoms with Crippen LogP contribution in [-0.2, 0) is 22.4 Å². The quantitative estimate of drug-likeness (QED) is 0.820. The third-order valence-corrected chi connectivity index (χ3v) is 2.87. The first-order valence-corrected chi connectivity index (χ1v) is 6.45. The van der Waals surface area contributed by atoms with Gasteiger partial charge in [-0.05, 0) is 11.6 Å². The van der Waals surface area contributed by atoms with Crippen molar-refractivity contribution < 1.29 is 18.3 Å². The van der Waals surface area contributed by atoms with Crippen LogP contribution < -0.4 is 0 Å². The van der Waals surface area contributed by atoms with E-state index in [1.807, 2.05) is 0 Å². The van der Waals surface area contributed by atoms with Crippen molar-refractivity contribution >= 4 is 5.97 Å². The minimum atomic E-state index is -1.14. The van der Waals surface area contributed by atoms with E-state index in [1.165, 1.54) is 12.4 Å². The molecule has 0 aliphatic rings. The summed E-state index contributed by atoms with van der Waals surface area (Å²) in [7, 11) is 0. The van der Waals surface area contributed by atoms with Crippen molar-refractivity contribution in [2.75, 3.05) is 0 Å². The van der Waals surface area contributed by atoms with Crippen molar-refractivity contribution in [1.29, 1.82) is 5.26 Å². The lowest BCUT2D eigenvalue weighted by Crippen LogP contribution is -2.20. The van der Waals surface area contributed by atoms with E-state index in [1.54, 1.807) is 6.07 Å². The van der Waals surface area contributed by atoms with E-state index in [9.17, 15) is 13.6 Å². The van der Waals surface area contributed by atoms with Crippen LogP contribution >= 0.6 is 0 Å². The molecule has 0 aliphatic carbocycles. The molecule has 1 unspecified atom stereocenters. The summed E-state index contributed by atoms with van der Waals surface area (Å²) in [4.78, 5) is 15.5. The van der Waals surface area contributed by atoms with Crippen molar-refractivity contribution in [1.82, 2.24) is 15.2 Å². The molecule has 0 radical (unpaired) electrons. The van der Waals surface area contributed by atoms with Gasteiger partial charge in [0.05, 0.1) is 6.42 Å². The maximum absolute atomic E-state index is 13.5. The highest BCUT2D eigenvalue weighted by molar-refractivity contribution is 5.70. The molecule has 114 valence electrons. The average Bonchev–Trinajstić information content (AvgIpc) is 3.00. The largest absolute Gasteiger partial charge is 0.447 e. The second kappa shape index (κ2) is 7.26. The third kappa shape index (κ3) is 4.34. The van der Waals surface area contributed by atoms with Gasteiger partial charge in [-0.15, -0.1) is 0 Å². The highest BCUT2D eigenvalue weighted by Gasteiger charge is 2.17. The number of aromatic amines is 1. The Balaban J connectivity index is 1.88. The van der Waals surface area contributed by atoms with Crippen LogP contribution in [0, 0.1) is 23.0 Å². The summed E-state index contributed by atoms with van der Waals surface area (Å²) in [6.45, 7) is 0. The van der Waals surface area contributed by atoms with E-state index >= 15 is 0 Å². The molecule has 1 N–H and O–H groups in total. The minimum absolute atomic E-state index is 0.0132. The summed E-state index contributed by atoms with van der Waals surface area (Å²) < 4.78 is 31.3. The molecular formula is C14H12F2N4O2. The first kappa shape index (κ1) is 15.6. The minimum Gasteiger partial charge on any atom is -0.447 e. The number of H-pyrrole nitrogens is 1. The standard InChI is InChI=1S/C14H12F2N4O2/c15-10-2-1-9(12(16)6-10)5-11(7-17)22-14(21)4-3-13-18-8-19-20-13/h1-2,6,8,11H,3-5H2,(H,18,19,20). The van der Waals surface area contributed by atoms with E-state index in [0.29, 0.717) is 12.2 Å². The van der Waals surface area contributed by atoms with Gasteiger partial charge in [-0.25, -0.2) is 13.8 Å². The van der Waals surface area contributed by atoms with Gasteiger partial charge in [0.1, 0.15) is 29.9 Å². The molecule has 0 amide bonds. The van der Waals surface area contributed by atoms with Crippen LogP contribution in [-0.4, -0.2) is 27.3 Å². The van der Waals surface area contributed by atoms with Gasteiger partial charge in [-0.3, -0.25) is 9.89 Å². The number of esters is 1. The lowest BCUT2D eigenvalue weighted by Gasteiger charge is -2.11. The number of ether oxygens (including phenoxy) is 1. The molecule has 2 rings (SSSR count). The topological polar surface area (TPSA) is 91.7 Å². The van der Waals surface area contributed by atoms with Crippen LogP contribution in [0.4, 0.5) is 8.78 Å². The Bertz CT molecular complexity index is 683. The monoisotopic (exact) mass is 306 g/mol. The van der Waals surface area contributed by atoms with Gasteiger partial charge < -0.3 is 4.74 Å². The van der Waals surface area contributed by atoms with Crippen molar-refractivity contribution in [3.05, 3.63) is 47.5 Å². The molecule has 0 aliphatic heterocycles. The molecule has 0 spiro atoms. The summed E-state index contributed by atoms with van der Waals surface area (Å²) >= 11 is 0. The van der Waals surface area contributed by atoms with Gasteiger partial charge in [-0.2, -0.15) is 10.4 Å². The first-order chi connectivity index (χ1) is 10.6. The van der Waals surface area contributed by atoms with Crippen LogP contribution in [0.3, 0.4) is 0 Å². The fourth-order valence-corrected chi connectivity index (χ4v) is 1.79. The van der Waals surface area contributed by atoms with Crippen LogP contribution in [0.25, 0.3) is 0 Å². The number of nitriles is 1. The molecule has 6 nitrogen and oxygen atoms in total. The first-order valence-electron chi connectivity index (χ1n) is 6.45. The van der Waals surface area contributed by atoms with Crippen LogP contribution in [0.5, 0.6) is 0 Å². The zero-order chi connectivity index (χ0) is 15.9. The second-order valence-electron chi connectivity index (χ2n) is 4.48. The third-order valence-electron chi connectivity index (χ3n) is 2.87. The molecule has 2 aromatic rings. The summed E-state index contributed by atoms with van der Waals surface area (Å²) in [6, 6.07) is 4.80. The Morgan fingerprint density at radius 2 is 2.27 bits per heavy atom. The van der Waals surface area contributed by atoms with E-state index in [-0.39, 0.29) is 18.4 Å². The number of aryl methyl sites for hydroxylation is 1. The zero-order valence-electron chi connectivity index (χ0n) is 11.4. The molecule has 8 heteroatoms. The lowest BCUT2D eigenvalue weighted by atomic mass is 10.1. The molecule has 0 saturated heterocycles. The number of carbonyl (C=O) groups excluding carboxylic acids is 1. The number of hydrogen-bond acceptors (Lipinski definition) is 5. The second-order valence-corrected chi connectivity index (χ2v) is 4.48. The van der Waals surface area contributed by atoms with Gasteiger partial charge in [-0.1, -0.05) is 6.07 Å². The number of halogens is 2. The Labute approximate surface area is 124 Å². The Hall–Kier alpha value is -2.82. The Kier molecular flexibility index (Phi) is 5.14. The molecule has 0 fully saturated rings. The van der Waals surface area contributed by atoms with Gasteiger partial charge in [0.15, 0.2) is 6.10 Å². The van der Waals surface area contributed by atoms with Gasteiger partial charge in [0.25, 0.3) is 0 Å². The number of hydrogen-bond donors (Lipinski definition) is 1. The van der Waals surface area contributed by atoms with Crippen LogP contribution in [0.15, 0.2) is 24.5 Å². The fourth-order valence-electron chi connectivity index (χ4n) is 1.79. The SMILES string of the molecule is N#CC(Cc1ccc(F)cc1F)OC(=O)CCc1ncn[nH]1. The molecule has 0 saturated carbocycles. The molecule has 1 atom stereocenters. The Morgan fingerprint density at radius 1 is 1.45 bits per heavy atom. The predicted octanol–water partition coefficient (Wildman–Crippen LogP) is 1.69. The lowest BCUT2D eigenvalue weighted by molar-refractivity contribution is -0.146. The van der Waals surface area contributed by atoms with E-state index in [2.05, 4.69) is 15.2 Å². The van der Waals surface area contributed by atoms with Crippen molar-refractivity contribution in [2.45, 2.75) is 25.4 Å². The Morgan fingerprint density at radius 3 is 2.91 bits per heavy atom. The normalized spacial score (nSPS) is 11.7. The molecular weight excluding hydrogens is 294 g/mol. The van der Waals surface area contributed by atoms with Crippen molar-refractivity contribution in [3.8, 4) is 6.07 Å². The van der Waals surface area contributed by atoms with E-state index in [0.717, 1.165) is 12.1 Å². The molecule has 1 heterocycles. The predicted molar refractivity (Wildman–Crippen MR) is 70.3 cm³/mol. The maximum Gasteiger partial charge on any atom is 0.307 e. The smallest absolute Gasteiger partial charge is 0.307 e. The number of nitrogens with one attached hydrogen (secondary N) is 1. The number of carbonyl (C=O) groups is 1. The average molecular weight is 306 g/mol. The molecule has 1 aromatic carbocycles. The van der Waals surface area contributed by atoms with Gasteiger partial charge in [0, 0.05) is 18.9 Å². The van der Waals surface area contributed by atoms with E-state index < -0.39 is 23.7 Å². The zero-order valence-corrected chi connectivity index (χ0v) is 11.4. The summed E-state index contributed by atoms with van der Waals surface area (Å²) in [5, 5.41) is 15.2. The van der Waals surface area contributed by atoms with E-state index in [4.69, 9.17) is 10.00 Å². The number of nitrogens with zero attached hydrogens (tertiary/aromatic N) is 3.